The number of phosphoric acid groups is 1. The number of allylic oxidation sites excluding steroid dienone is 36. The zero-order valence-corrected chi connectivity index (χ0v) is 63.5. The van der Waals surface area contributed by atoms with Gasteiger partial charge in [-0.05, 0) is 154 Å². The lowest BCUT2D eigenvalue weighted by Crippen LogP contribution is -2.29. The highest BCUT2D eigenvalue weighted by molar-refractivity contribution is 7.47. The molecule has 0 aromatic rings. The van der Waals surface area contributed by atoms with E-state index in [4.69, 9.17) is 24.3 Å². The van der Waals surface area contributed by atoms with E-state index in [2.05, 4.69) is 233 Å². The van der Waals surface area contributed by atoms with Crippen LogP contribution in [0.2, 0.25) is 0 Å². The maximum Gasteiger partial charge on any atom is 0.472 e. The van der Waals surface area contributed by atoms with Crippen molar-refractivity contribution in [1.82, 2.24) is 0 Å². The fraction of sp³-hybridized carbons (Fsp3) is 0.573. The minimum atomic E-state index is -4.42. The largest absolute Gasteiger partial charge is 0.472 e. The highest BCUT2D eigenvalue weighted by Crippen LogP contribution is 2.43. The third-order valence-electron chi connectivity index (χ3n) is 15.9. The van der Waals surface area contributed by atoms with E-state index in [0.717, 1.165) is 167 Å². The van der Waals surface area contributed by atoms with Crippen LogP contribution >= 0.6 is 7.82 Å². The van der Waals surface area contributed by atoms with Crippen LogP contribution in [0.3, 0.4) is 0 Å². The number of phosphoric ester groups is 1. The first-order valence-corrected chi connectivity index (χ1v) is 40.7. The average molecular weight is 1390 g/mol. The van der Waals surface area contributed by atoms with Gasteiger partial charge in [0.05, 0.1) is 13.2 Å². The van der Waals surface area contributed by atoms with Crippen LogP contribution in [0, 0.1) is 0 Å². The highest BCUT2D eigenvalue weighted by Gasteiger charge is 2.26. The van der Waals surface area contributed by atoms with Crippen molar-refractivity contribution >= 4 is 19.8 Å². The number of esters is 2. The van der Waals surface area contributed by atoms with Gasteiger partial charge in [-0.2, -0.15) is 0 Å². The Morgan fingerprint density at radius 3 is 0.778 bits per heavy atom. The van der Waals surface area contributed by atoms with Crippen LogP contribution in [0.15, 0.2) is 219 Å². The maximum atomic E-state index is 12.8. The molecule has 0 bridgehead atoms. The van der Waals surface area contributed by atoms with E-state index in [0.29, 0.717) is 6.42 Å². The van der Waals surface area contributed by atoms with Crippen molar-refractivity contribution in [2.24, 2.45) is 5.73 Å². The molecule has 2 atom stereocenters. The second-order valence-electron chi connectivity index (χ2n) is 25.1. The van der Waals surface area contributed by atoms with Crippen molar-refractivity contribution in [3.8, 4) is 0 Å². The summed E-state index contributed by atoms with van der Waals surface area (Å²) in [6.07, 6.45) is 126. The molecule has 0 heterocycles. The molecule has 556 valence electrons. The number of unbranched alkanes of at least 4 members (excludes halogenated alkanes) is 22. The Morgan fingerprint density at radius 1 is 0.303 bits per heavy atom. The van der Waals surface area contributed by atoms with Crippen molar-refractivity contribution in [3.63, 3.8) is 0 Å². The summed E-state index contributed by atoms with van der Waals surface area (Å²) >= 11 is 0. The van der Waals surface area contributed by atoms with E-state index < -0.39 is 32.5 Å². The van der Waals surface area contributed by atoms with E-state index in [1.54, 1.807) is 0 Å². The fourth-order valence-electron chi connectivity index (χ4n) is 10.2. The molecule has 10 heteroatoms. The lowest BCUT2D eigenvalue weighted by atomic mass is 10.0. The smallest absolute Gasteiger partial charge is 0.462 e. The summed E-state index contributed by atoms with van der Waals surface area (Å²) in [5, 5.41) is 0. The van der Waals surface area contributed by atoms with Gasteiger partial charge in [0.15, 0.2) is 6.10 Å². The van der Waals surface area contributed by atoms with Gasteiger partial charge in [-0.3, -0.25) is 18.6 Å². The van der Waals surface area contributed by atoms with Gasteiger partial charge in [0, 0.05) is 19.4 Å². The molecule has 99 heavy (non-hydrogen) atoms. The van der Waals surface area contributed by atoms with Crippen LogP contribution in [0.1, 0.15) is 296 Å². The van der Waals surface area contributed by atoms with Crippen LogP contribution in [0.5, 0.6) is 0 Å². The molecule has 0 amide bonds. The molecule has 0 fully saturated rings. The molecule has 0 aliphatic heterocycles. The zero-order chi connectivity index (χ0) is 71.5. The van der Waals surface area contributed by atoms with Crippen LogP contribution in [0.25, 0.3) is 0 Å². The molecule has 0 saturated carbocycles. The molecular weight excluding hydrogens is 1240 g/mol. The third kappa shape index (κ3) is 81.2. The summed E-state index contributed by atoms with van der Waals surface area (Å²) in [5.74, 6) is -0.858. The van der Waals surface area contributed by atoms with E-state index in [1.807, 2.05) is 0 Å². The fourth-order valence-corrected chi connectivity index (χ4v) is 10.9. The number of ether oxygens (including phenoxy) is 2. The maximum absolute atomic E-state index is 12.8. The molecule has 2 unspecified atom stereocenters. The van der Waals surface area contributed by atoms with Crippen LogP contribution < -0.4 is 5.73 Å². The summed E-state index contributed by atoms with van der Waals surface area (Å²) in [5.41, 5.74) is 5.41. The van der Waals surface area contributed by atoms with Crippen LogP contribution in [0.4, 0.5) is 0 Å². The Morgan fingerprint density at radius 2 is 0.525 bits per heavy atom. The Bertz CT molecular complexity index is 2440. The topological polar surface area (TPSA) is 134 Å². The molecule has 0 aliphatic rings. The standard InChI is InChI=1S/C89H142NO8P/c1-3-5-7-9-11-13-15-17-19-21-23-25-27-29-31-33-35-37-39-41-43-45-47-49-51-53-55-57-59-61-63-65-67-69-71-73-75-77-79-81-88(91)95-85-87(86-97-99(93,94)96-84-83-90)98-89(92)82-80-78-76-74-72-70-68-66-64-62-60-58-56-54-52-50-48-46-44-42-40-38-36-34-32-30-28-26-24-22-20-18-16-14-12-10-8-6-4-2/h5-8,11-14,17-20,23-26,29-32,35-38,41-44,48,50,54,56,60,62,66,68,87H,3-4,9-10,15-16,21-22,27-28,33-34,39-40,45-47,49,51-53,55,57-59,61,63-65,67,69-86,90H2,1-2H3,(H,93,94)/b7-5-,8-6-,13-11-,14-12-,19-17-,20-18-,25-23-,26-24-,31-29-,32-30-,37-35-,38-36-,43-41-,44-42-,50-48-,56-54-,62-60-,68-66-. The second kappa shape index (κ2) is 81.3. The first kappa shape index (κ1) is 93.3. The second-order valence-corrected chi connectivity index (χ2v) is 26.6. The molecule has 0 aromatic heterocycles. The quantitative estimate of drug-likeness (QED) is 0.0264. The van der Waals surface area contributed by atoms with Crippen molar-refractivity contribution in [2.45, 2.75) is 302 Å². The monoisotopic (exact) mass is 1380 g/mol. The first-order chi connectivity index (χ1) is 48.8. The van der Waals surface area contributed by atoms with Gasteiger partial charge in [0.25, 0.3) is 0 Å². The van der Waals surface area contributed by atoms with E-state index in [-0.39, 0.29) is 32.6 Å². The van der Waals surface area contributed by atoms with Crippen LogP contribution in [-0.4, -0.2) is 49.3 Å². The Balaban J connectivity index is 3.96. The highest BCUT2D eigenvalue weighted by atomic mass is 31.2. The summed E-state index contributed by atoms with van der Waals surface area (Å²) in [6.45, 7) is 3.49. The molecule has 0 saturated heterocycles. The van der Waals surface area contributed by atoms with Gasteiger partial charge in [-0.25, -0.2) is 4.57 Å². The van der Waals surface area contributed by atoms with Crippen molar-refractivity contribution in [2.75, 3.05) is 26.4 Å². The first-order valence-electron chi connectivity index (χ1n) is 39.2. The van der Waals surface area contributed by atoms with Gasteiger partial charge in [0.2, 0.25) is 0 Å². The number of carbonyl (C=O) groups excluding carboxylic acids is 2. The van der Waals surface area contributed by atoms with Gasteiger partial charge in [-0.1, -0.05) is 348 Å². The molecule has 0 aromatic carbocycles. The molecule has 3 N–H and O–H groups in total. The molecular formula is C89H142NO8P. The number of carbonyl (C=O) groups is 2. The van der Waals surface area contributed by atoms with E-state index in [1.165, 1.54) is 96.3 Å². The van der Waals surface area contributed by atoms with Crippen LogP contribution in [-0.2, 0) is 32.7 Å². The predicted octanol–water partition coefficient (Wildman–Crippen LogP) is 26.7. The Kier molecular flexibility index (Phi) is 76.6. The minimum absolute atomic E-state index is 0.0403. The van der Waals surface area contributed by atoms with E-state index >= 15 is 0 Å². The summed E-state index contributed by atoms with van der Waals surface area (Å²) < 4.78 is 33.2. The summed E-state index contributed by atoms with van der Waals surface area (Å²) in [7, 11) is -4.42. The third-order valence-corrected chi connectivity index (χ3v) is 16.8. The Hall–Kier alpha value is -5.67. The van der Waals surface area contributed by atoms with Gasteiger partial charge in [0.1, 0.15) is 6.61 Å². The number of nitrogens with two attached hydrogens (primary N) is 1. The minimum Gasteiger partial charge on any atom is -0.462 e. The van der Waals surface area contributed by atoms with Gasteiger partial charge < -0.3 is 20.1 Å². The van der Waals surface area contributed by atoms with Gasteiger partial charge >= 0.3 is 19.8 Å². The molecule has 0 aliphatic carbocycles. The molecule has 0 radical (unpaired) electrons. The normalized spacial score (nSPS) is 14.1. The summed E-state index contributed by atoms with van der Waals surface area (Å²) in [6, 6.07) is 0. The lowest BCUT2D eigenvalue weighted by molar-refractivity contribution is -0.161. The molecule has 9 nitrogen and oxygen atoms in total. The Labute approximate surface area is 607 Å². The zero-order valence-electron chi connectivity index (χ0n) is 62.6. The number of hydrogen-bond donors (Lipinski definition) is 2. The summed E-state index contributed by atoms with van der Waals surface area (Å²) in [4.78, 5) is 35.5. The predicted molar refractivity (Wildman–Crippen MR) is 431 cm³/mol. The average Bonchev–Trinajstić information content (AvgIpc) is 1.35. The number of rotatable bonds is 71. The number of hydrogen-bond acceptors (Lipinski definition) is 8. The molecule has 0 spiro atoms. The van der Waals surface area contributed by atoms with Crippen molar-refractivity contribution in [1.29, 1.82) is 0 Å². The van der Waals surface area contributed by atoms with Crippen molar-refractivity contribution < 1.29 is 37.6 Å². The lowest BCUT2D eigenvalue weighted by Gasteiger charge is -2.19. The van der Waals surface area contributed by atoms with E-state index in [9.17, 15) is 19.0 Å². The van der Waals surface area contributed by atoms with Gasteiger partial charge in [-0.15, -0.1) is 0 Å². The van der Waals surface area contributed by atoms with Crippen molar-refractivity contribution in [3.05, 3.63) is 219 Å². The molecule has 0 rings (SSSR count). The SMILES string of the molecule is CC/C=C\C/C=C\C/C=C\C/C=C\C/C=C\C/C=C\C/C=C\C/C=C\C/C=C\C/C=C\C/C=C\CCCCCCCC(=O)OC(COC(=O)CCCCCCCCCCCCCCCCCCC/C=C\C/C=C\C/C=C\C/C=C\C/C=C\C/C=C\C/C=C\CC)COP(=O)(O)OCCN.